The number of halogens is 1. The number of amides is 1. The molecule has 0 aliphatic carbocycles. The topological polar surface area (TPSA) is 57.6 Å². The predicted octanol–water partition coefficient (Wildman–Crippen LogP) is 6.98. The van der Waals surface area contributed by atoms with E-state index in [1.54, 1.807) is 16.7 Å². The van der Waals surface area contributed by atoms with Crippen LogP contribution in [0.15, 0.2) is 83.7 Å². The molecule has 7 heteroatoms. The number of pyridine rings is 1. The largest absolute Gasteiger partial charge is 0.345 e. The van der Waals surface area contributed by atoms with Crippen LogP contribution in [-0.4, -0.2) is 52.5 Å². The van der Waals surface area contributed by atoms with Crippen molar-refractivity contribution in [2.24, 2.45) is 0 Å². The molecule has 1 N–H and O–H groups in total. The van der Waals surface area contributed by atoms with Gasteiger partial charge in [-0.1, -0.05) is 73.5 Å². The summed E-state index contributed by atoms with van der Waals surface area (Å²) >= 11 is 6.26. The average Bonchev–Trinajstić information content (AvgIpc) is 3.05. The maximum atomic E-state index is 14.4. The summed E-state index contributed by atoms with van der Waals surface area (Å²) < 4.78 is 1.74. The van der Waals surface area contributed by atoms with Crippen molar-refractivity contribution in [3.05, 3.63) is 111 Å². The van der Waals surface area contributed by atoms with Crippen molar-refractivity contribution in [2.45, 2.75) is 64.1 Å². The van der Waals surface area contributed by atoms with Gasteiger partial charge in [0, 0.05) is 47.2 Å². The van der Waals surface area contributed by atoms with Gasteiger partial charge in [-0.3, -0.25) is 19.1 Å². The van der Waals surface area contributed by atoms with Crippen molar-refractivity contribution in [3.63, 3.8) is 0 Å². The summed E-state index contributed by atoms with van der Waals surface area (Å²) in [6.07, 6.45) is 6.89. The van der Waals surface area contributed by atoms with Crippen LogP contribution >= 0.6 is 11.6 Å². The maximum Gasteiger partial charge on any atom is 0.263 e. The first-order valence-corrected chi connectivity index (χ1v) is 16.2. The average molecular weight is 597 g/mol. The summed E-state index contributed by atoms with van der Waals surface area (Å²) in [7, 11) is 0. The maximum absolute atomic E-state index is 14.4. The number of carbonyl (C=O) groups is 1. The van der Waals surface area contributed by atoms with Crippen LogP contribution in [-0.2, 0) is 6.54 Å². The molecule has 4 aromatic rings. The summed E-state index contributed by atoms with van der Waals surface area (Å²) in [4.78, 5) is 33.7. The quantitative estimate of drug-likeness (QED) is 0.238. The second-order valence-corrected chi connectivity index (χ2v) is 12.4. The van der Waals surface area contributed by atoms with Crippen LogP contribution in [0.5, 0.6) is 0 Å². The molecular weight excluding hydrogens is 556 g/mol. The molecule has 0 spiro atoms. The van der Waals surface area contributed by atoms with Gasteiger partial charge in [-0.15, -0.1) is 0 Å². The van der Waals surface area contributed by atoms with E-state index in [0.29, 0.717) is 39.6 Å². The molecule has 1 aromatic heterocycles. The number of nitrogens with zero attached hydrogens (tertiary/aromatic N) is 3. The monoisotopic (exact) mass is 596 g/mol. The van der Waals surface area contributed by atoms with E-state index in [2.05, 4.69) is 34.2 Å². The Kier molecular flexibility index (Phi) is 9.27. The Hall–Kier alpha value is -3.45. The minimum atomic E-state index is -0.159. The molecule has 0 unspecified atom stereocenters. The first kappa shape index (κ1) is 29.6. The lowest BCUT2D eigenvalue weighted by molar-refractivity contribution is 0.0873. The van der Waals surface area contributed by atoms with Gasteiger partial charge in [0.25, 0.3) is 11.5 Å². The van der Waals surface area contributed by atoms with Gasteiger partial charge in [0.2, 0.25) is 0 Å². The lowest BCUT2D eigenvalue weighted by atomic mass is 9.97. The predicted molar refractivity (Wildman–Crippen MR) is 175 cm³/mol. The zero-order chi connectivity index (χ0) is 29.8. The molecule has 6 rings (SSSR count). The Balaban J connectivity index is 1.42. The third-order valence-electron chi connectivity index (χ3n) is 9.25. The van der Waals surface area contributed by atoms with Gasteiger partial charge in [-0.05, 0) is 81.1 Å². The molecular formula is C36H41ClN4O2. The van der Waals surface area contributed by atoms with Crippen molar-refractivity contribution in [1.29, 1.82) is 0 Å². The van der Waals surface area contributed by atoms with E-state index in [4.69, 9.17) is 11.6 Å². The number of benzene rings is 3. The van der Waals surface area contributed by atoms with Crippen molar-refractivity contribution in [1.82, 2.24) is 19.7 Å². The summed E-state index contributed by atoms with van der Waals surface area (Å²) in [5.74, 6) is -0.159. The molecule has 1 amide bonds. The first-order chi connectivity index (χ1) is 21.0. The molecule has 43 heavy (non-hydrogen) atoms. The highest BCUT2D eigenvalue weighted by Crippen LogP contribution is 2.28. The van der Waals surface area contributed by atoms with E-state index >= 15 is 0 Å². The standard InChI is InChI=1S/C36H41ClN4O2/c1-2-32(26-11-5-3-6-12-26)38-35(42)34-30-13-7-8-14-31(30)36(43)41(29-17-15-27(37)16-18-29)33(34)25-39-23-19-28(20-24-39)40-21-9-4-10-22-40/h3,5-8,11-18,28,32H,2,4,9-10,19-25H2,1H3,(H,38,42)/t32-/m0/s1. The molecule has 2 aliphatic heterocycles. The molecule has 1 atom stereocenters. The van der Waals surface area contributed by atoms with E-state index < -0.39 is 0 Å². The zero-order valence-corrected chi connectivity index (χ0v) is 25.7. The number of hydrogen-bond acceptors (Lipinski definition) is 4. The smallest absolute Gasteiger partial charge is 0.263 e. The summed E-state index contributed by atoms with van der Waals surface area (Å²) in [6, 6.07) is 25.4. The van der Waals surface area contributed by atoms with E-state index in [9.17, 15) is 9.59 Å². The first-order valence-electron chi connectivity index (χ1n) is 15.8. The van der Waals surface area contributed by atoms with E-state index in [1.807, 2.05) is 54.6 Å². The fourth-order valence-corrected chi connectivity index (χ4v) is 7.07. The third kappa shape index (κ3) is 6.42. The number of rotatable bonds is 8. The van der Waals surface area contributed by atoms with Gasteiger partial charge in [0.15, 0.2) is 0 Å². The van der Waals surface area contributed by atoms with Crippen LogP contribution < -0.4 is 10.9 Å². The summed E-state index contributed by atoms with van der Waals surface area (Å²) in [5, 5.41) is 5.15. The Morgan fingerprint density at radius 1 is 0.860 bits per heavy atom. The minimum Gasteiger partial charge on any atom is -0.345 e. The SMILES string of the molecule is CC[C@H](NC(=O)c1c(CN2CCC(N3CCCCC3)CC2)n(-c2ccc(Cl)cc2)c(=O)c2ccccc12)c1ccccc1. The Labute approximate surface area is 259 Å². The lowest BCUT2D eigenvalue weighted by Crippen LogP contribution is -2.47. The fraction of sp³-hybridized carbons (Fsp3) is 0.389. The highest BCUT2D eigenvalue weighted by atomic mass is 35.5. The number of piperidine rings is 2. The molecule has 3 heterocycles. The van der Waals surface area contributed by atoms with E-state index in [1.165, 1.54) is 32.4 Å². The normalized spacial score (nSPS) is 17.6. The third-order valence-corrected chi connectivity index (χ3v) is 9.51. The molecule has 2 aliphatic rings. The fourth-order valence-electron chi connectivity index (χ4n) is 6.94. The van der Waals surface area contributed by atoms with E-state index in [0.717, 1.165) is 43.6 Å². The molecule has 2 fully saturated rings. The number of likely N-dealkylation sites (tertiary alicyclic amines) is 2. The summed E-state index contributed by atoms with van der Waals surface area (Å²) in [6.45, 7) is 6.88. The van der Waals surface area contributed by atoms with Crippen LogP contribution in [0.2, 0.25) is 5.02 Å². The van der Waals surface area contributed by atoms with Crippen LogP contribution in [0, 0.1) is 0 Å². The Morgan fingerprint density at radius 2 is 1.51 bits per heavy atom. The van der Waals surface area contributed by atoms with Crippen LogP contribution in [0.3, 0.4) is 0 Å². The molecule has 0 saturated carbocycles. The highest BCUT2D eigenvalue weighted by molar-refractivity contribution is 6.30. The van der Waals surface area contributed by atoms with Crippen molar-refractivity contribution in [2.75, 3.05) is 26.2 Å². The van der Waals surface area contributed by atoms with Gasteiger partial charge >= 0.3 is 0 Å². The Morgan fingerprint density at radius 3 is 2.19 bits per heavy atom. The van der Waals surface area contributed by atoms with Gasteiger partial charge in [-0.25, -0.2) is 0 Å². The van der Waals surface area contributed by atoms with Gasteiger partial charge < -0.3 is 10.2 Å². The Bertz CT molecular complexity index is 1600. The number of aromatic nitrogens is 1. The van der Waals surface area contributed by atoms with Crippen molar-refractivity contribution in [3.8, 4) is 5.69 Å². The minimum absolute atomic E-state index is 0.122. The zero-order valence-electron chi connectivity index (χ0n) is 25.0. The van der Waals surface area contributed by atoms with E-state index in [-0.39, 0.29) is 17.5 Å². The van der Waals surface area contributed by atoms with Crippen molar-refractivity contribution >= 4 is 28.3 Å². The molecule has 6 nitrogen and oxygen atoms in total. The second kappa shape index (κ2) is 13.5. The van der Waals surface area contributed by atoms with Gasteiger partial charge in [0.1, 0.15) is 0 Å². The number of hydrogen-bond donors (Lipinski definition) is 1. The molecule has 2 saturated heterocycles. The van der Waals surface area contributed by atoms with Gasteiger partial charge in [-0.2, -0.15) is 0 Å². The molecule has 224 valence electrons. The number of nitrogens with one attached hydrogen (secondary N) is 1. The van der Waals surface area contributed by atoms with Crippen LogP contribution in [0.25, 0.3) is 16.5 Å². The molecule has 0 bridgehead atoms. The number of carbonyl (C=O) groups excluding carboxylic acids is 1. The van der Waals surface area contributed by atoms with Crippen molar-refractivity contribution < 1.29 is 4.79 Å². The number of fused-ring (bicyclic) bond motifs is 1. The molecule has 3 aromatic carbocycles. The second-order valence-electron chi connectivity index (χ2n) is 11.9. The van der Waals surface area contributed by atoms with Gasteiger partial charge in [0.05, 0.1) is 17.3 Å². The summed E-state index contributed by atoms with van der Waals surface area (Å²) in [5.41, 5.74) is 2.95. The van der Waals surface area contributed by atoms with Crippen LogP contribution in [0.1, 0.15) is 73.1 Å². The highest BCUT2D eigenvalue weighted by Gasteiger charge is 2.29. The lowest BCUT2D eigenvalue weighted by Gasteiger charge is -2.40. The molecule has 0 radical (unpaired) electrons. The van der Waals surface area contributed by atoms with Crippen LogP contribution in [0.4, 0.5) is 0 Å².